The number of aliphatic carboxylic acids is 1. The van der Waals surface area contributed by atoms with Crippen molar-refractivity contribution in [1.29, 1.82) is 0 Å². The Balaban J connectivity index is 1.96. The summed E-state index contributed by atoms with van der Waals surface area (Å²) in [6, 6.07) is 1.74. The van der Waals surface area contributed by atoms with Crippen LogP contribution in [0, 0.1) is 24.7 Å². The molecule has 2 rings (SSSR count). The van der Waals surface area contributed by atoms with Gasteiger partial charge >= 0.3 is 5.97 Å². The second-order valence-electron chi connectivity index (χ2n) is 5.44. The first-order valence-electron chi connectivity index (χ1n) is 6.76. The Hall–Kier alpha value is -1.98. The van der Waals surface area contributed by atoms with Gasteiger partial charge in [0.25, 0.3) is 0 Å². The summed E-state index contributed by atoms with van der Waals surface area (Å²) in [6.07, 6.45) is 2.84. The van der Waals surface area contributed by atoms with Crippen molar-refractivity contribution in [2.45, 2.75) is 33.2 Å². The summed E-state index contributed by atoms with van der Waals surface area (Å²) in [7, 11) is 0. The minimum Gasteiger partial charge on any atom is -0.481 e. The summed E-state index contributed by atoms with van der Waals surface area (Å²) in [5.74, 6) is -1.17. The fourth-order valence-corrected chi connectivity index (χ4v) is 2.77. The number of nitrogens with one attached hydrogen (secondary N) is 1. The van der Waals surface area contributed by atoms with E-state index in [9.17, 15) is 14.7 Å². The highest BCUT2D eigenvalue weighted by Gasteiger charge is 2.40. The van der Waals surface area contributed by atoms with Gasteiger partial charge in [0.2, 0.25) is 5.91 Å². The predicted molar refractivity (Wildman–Crippen MR) is 71.6 cm³/mol. The third kappa shape index (κ3) is 3.31. The minimum absolute atomic E-state index is 0.196. The lowest BCUT2D eigenvalue weighted by molar-refractivity contribution is -0.146. The fourth-order valence-electron chi connectivity index (χ4n) is 2.77. The van der Waals surface area contributed by atoms with Gasteiger partial charge in [0.05, 0.1) is 24.1 Å². The molecule has 6 nitrogen and oxygen atoms in total. The van der Waals surface area contributed by atoms with Gasteiger partial charge in [-0.05, 0) is 31.7 Å². The smallest absolute Gasteiger partial charge is 0.307 e. The Morgan fingerprint density at radius 3 is 2.75 bits per heavy atom. The number of amides is 1. The molecule has 1 amide bonds. The van der Waals surface area contributed by atoms with Crippen molar-refractivity contribution in [3.8, 4) is 0 Å². The first-order valence-corrected chi connectivity index (χ1v) is 6.76. The normalized spacial score (nSPS) is 25.4. The molecule has 1 fully saturated rings. The van der Waals surface area contributed by atoms with Gasteiger partial charge in [0, 0.05) is 6.20 Å². The second-order valence-corrected chi connectivity index (χ2v) is 5.44. The van der Waals surface area contributed by atoms with Crippen molar-refractivity contribution in [2.24, 2.45) is 17.8 Å². The highest BCUT2D eigenvalue weighted by atomic mass is 16.4. The number of carbonyl (C=O) groups excluding carboxylic acids is 1. The van der Waals surface area contributed by atoms with Gasteiger partial charge in [-0.2, -0.15) is 0 Å². The number of hydrogen-bond donors (Lipinski definition) is 2. The zero-order valence-electron chi connectivity index (χ0n) is 11.7. The number of carbonyl (C=O) groups is 2. The maximum absolute atomic E-state index is 12.1. The van der Waals surface area contributed by atoms with Gasteiger partial charge in [-0.1, -0.05) is 6.92 Å². The van der Waals surface area contributed by atoms with Crippen LogP contribution in [0.2, 0.25) is 0 Å². The summed E-state index contributed by atoms with van der Waals surface area (Å²) in [5, 5.41) is 12.0. The van der Waals surface area contributed by atoms with Crippen LogP contribution in [0.15, 0.2) is 12.3 Å². The Labute approximate surface area is 117 Å². The lowest BCUT2D eigenvalue weighted by Crippen LogP contribution is -2.35. The first-order chi connectivity index (χ1) is 9.47. The quantitative estimate of drug-likeness (QED) is 0.861. The van der Waals surface area contributed by atoms with E-state index in [-0.39, 0.29) is 11.8 Å². The molecule has 108 valence electrons. The maximum Gasteiger partial charge on any atom is 0.307 e. The SMILES string of the molecule is Cc1nccc(CNC(=O)C2CC(C)CC2C(=O)O)n1. The molecule has 3 unspecified atom stereocenters. The van der Waals surface area contributed by atoms with Gasteiger partial charge < -0.3 is 10.4 Å². The molecule has 1 aliphatic rings. The Morgan fingerprint density at radius 1 is 1.40 bits per heavy atom. The molecule has 6 heteroatoms. The fraction of sp³-hybridized carbons (Fsp3) is 0.571. The first kappa shape index (κ1) is 14.4. The van der Waals surface area contributed by atoms with Crippen LogP contribution in [0.4, 0.5) is 0 Å². The summed E-state index contributed by atoms with van der Waals surface area (Å²) in [6.45, 7) is 4.07. The topological polar surface area (TPSA) is 92.2 Å². The molecular weight excluding hydrogens is 258 g/mol. The van der Waals surface area contributed by atoms with Crippen LogP contribution in [-0.4, -0.2) is 27.0 Å². The summed E-state index contributed by atoms with van der Waals surface area (Å²) in [4.78, 5) is 31.5. The highest BCUT2D eigenvalue weighted by Crippen LogP contribution is 2.36. The van der Waals surface area contributed by atoms with Crippen LogP contribution >= 0.6 is 0 Å². The minimum atomic E-state index is -0.882. The Kier molecular flexibility index (Phi) is 4.32. The van der Waals surface area contributed by atoms with Crippen molar-refractivity contribution >= 4 is 11.9 Å². The number of rotatable bonds is 4. The van der Waals surface area contributed by atoms with E-state index in [2.05, 4.69) is 15.3 Å². The van der Waals surface area contributed by atoms with Crippen LogP contribution < -0.4 is 5.32 Å². The molecule has 0 spiro atoms. The molecular formula is C14H19N3O3. The standard InChI is InChI=1S/C14H19N3O3/c1-8-5-11(12(6-8)14(19)20)13(18)16-7-10-3-4-15-9(2)17-10/h3-4,8,11-12H,5-7H2,1-2H3,(H,16,18)(H,19,20). The summed E-state index contributed by atoms with van der Waals surface area (Å²) >= 11 is 0. The zero-order valence-corrected chi connectivity index (χ0v) is 11.7. The molecule has 1 saturated carbocycles. The van der Waals surface area contributed by atoms with E-state index < -0.39 is 17.8 Å². The second kappa shape index (κ2) is 5.98. The van der Waals surface area contributed by atoms with Gasteiger partial charge in [-0.25, -0.2) is 9.97 Å². The van der Waals surface area contributed by atoms with Crippen LogP contribution in [0.25, 0.3) is 0 Å². The van der Waals surface area contributed by atoms with Gasteiger partial charge in [-0.3, -0.25) is 9.59 Å². The predicted octanol–water partition coefficient (Wildman–Crippen LogP) is 1.15. The highest BCUT2D eigenvalue weighted by molar-refractivity contribution is 5.85. The molecule has 0 radical (unpaired) electrons. The van der Waals surface area contributed by atoms with Gasteiger partial charge in [0.1, 0.15) is 5.82 Å². The summed E-state index contributed by atoms with van der Waals surface area (Å²) < 4.78 is 0. The van der Waals surface area contributed by atoms with Crippen LogP contribution in [-0.2, 0) is 16.1 Å². The molecule has 2 N–H and O–H groups in total. The lowest BCUT2D eigenvalue weighted by Gasteiger charge is -2.15. The van der Waals surface area contributed by atoms with Crippen LogP contribution in [0.1, 0.15) is 31.3 Å². The van der Waals surface area contributed by atoms with Crippen LogP contribution in [0.5, 0.6) is 0 Å². The monoisotopic (exact) mass is 277 g/mol. The number of aromatic nitrogens is 2. The van der Waals surface area contributed by atoms with Crippen molar-refractivity contribution in [2.75, 3.05) is 0 Å². The Bertz CT molecular complexity index is 518. The molecule has 3 atom stereocenters. The average Bonchev–Trinajstić information content (AvgIpc) is 2.78. The van der Waals surface area contributed by atoms with Gasteiger partial charge in [0.15, 0.2) is 0 Å². The molecule has 0 bridgehead atoms. The summed E-state index contributed by atoms with van der Waals surface area (Å²) in [5.41, 5.74) is 0.726. The van der Waals surface area contributed by atoms with Crippen LogP contribution in [0.3, 0.4) is 0 Å². The van der Waals surface area contributed by atoms with Crippen molar-refractivity contribution < 1.29 is 14.7 Å². The van der Waals surface area contributed by atoms with Crippen molar-refractivity contribution in [1.82, 2.24) is 15.3 Å². The molecule has 0 saturated heterocycles. The molecule has 1 heterocycles. The number of nitrogens with zero attached hydrogens (tertiary/aromatic N) is 2. The zero-order chi connectivity index (χ0) is 14.7. The van der Waals surface area contributed by atoms with E-state index in [0.29, 0.717) is 25.2 Å². The van der Waals surface area contributed by atoms with E-state index in [1.54, 1.807) is 19.2 Å². The molecule has 0 aromatic carbocycles. The maximum atomic E-state index is 12.1. The number of carboxylic acids is 1. The molecule has 1 aromatic rings. The Morgan fingerprint density at radius 2 is 2.10 bits per heavy atom. The molecule has 1 aliphatic carbocycles. The van der Waals surface area contributed by atoms with Crippen molar-refractivity contribution in [3.05, 3.63) is 23.8 Å². The number of aryl methyl sites for hydroxylation is 1. The largest absolute Gasteiger partial charge is 0.481 e. The third-order valence-corrected chi connectivity index (χ3v) is 3.73. The van der Waals surface area contributed by atoms with E-state index in [1.165, 1.54) is 0 Å². The molecule has 0 aliphatic heterocycles. The van der Waals surface area contributed by atoms with Crippen molar-refractivity contribution in [3.63, 3.8) is 0 Å². The van der Waals surface area contributed by atoms with E-state index in [0.717, 1.165) is 5.69 Å². The lowest BCUT2D eigenvalue weighted by atomic mass is 9.95. The average molecular weight is 277 g/mol. The third-order valence-electron chi connectivity index (χ3n) is 3.73. The molecule has 20 heavy (non-hydrogen) atoms. The number of carboxylic acid groups (broad SMARTS) is 1. The van der Waals surface area contributed by atoms with Gasteiger partial charge in [-0.15, -0.1) is 0 Å². The van der Waals surface area contributed by atoms with E-state index >= 15 is 0 Å². The number of hydrogen-bond acceptors (Lipinski definition) is 4. The van der Waals surface area contributed by atoms with E-state index in [4.69, 9.17) is 0 Å². The molecule has 1 aromatic heterocycles. The van der Waals surface area contributed by atoms with E-state index in [1.807, 2.05) is 6.92 Å².